The first-order valence-electron chi connectivity index (χ1n) is 11.7. The van der Waals surface area contributed by atoms with Crippen LogP contribution >= 0.6 is 0 Å². The van der Waals surface area contributed by atoms with Crippen LogP contribution in [0.2, 0.25) is 0 Å². The molecular weight excluding hydrogens is 376 g/mol. The van der Waals surface area contributed by atoms with E-state index in [-0.39, 0.29) is 23.7 Å². The third-order valence-corrected chi connectivity index (χ3v) is 5.62. The Morgan fingerprint density at radius 1 is 0.733 bits per heavy atom. The van der Waals surface area contributed by atoms with Crippen LogP contribution in [0.3, 0.4) is 0 Å². The second-order valence-corrected chi connectivity index (χ2v) is 8.17. The standard InChI is InChI=1S/C26H36O4/c1-3-5-6-7-8-9-10-11-12-13-19-22-24(28)20-17-14-15-18-21(20)25(29)26(22)30-23(27)16-4-2/h14-15,17-18H,3-13,16,19H2,1-2H3. The van der Waals surface area contributed by atoms with Crippen molar-refractivity contribution in [3.63, 3.8) is 0 Å². The van der Waals surface area contributed by atoms with Gasteiger partial charge < -0.3 is 4.74 Å². The predicted molar refractivity (Wildman–Crippen MR) is 120 cm³/mol. The number of carbonyl (C=O) groups excluding carboxylic acids is 3. The average Bonchev–Trinajstić information content (AvgIpc) is 2.75. The van der Waals surface area contributed by atoms with Crippen LogP contribution in [-0.4, -0.2) is 17.5 Å². The molecule has 2 rings (SSSR count). The zero-order valence-corrected chi connectivity index (χ0v) is 18.6. The van der Waals surface area contributed by atoms with E-state index in [0.717, 1.165) is 19.3 Å². The van der Waals surface area contributed by atoms with E-state index < -0.39 is 5.97 Å². The first-order chi connectivity index (χ1) is 14.6. The number of allylic oxidation sites excluding steroid dienone is 2. The highest BCUT2D eigenvalue weighted by Gasteiger charge is 2.34. The van der Waals surface area contributed by atoms with Crippen molar-refractivity contribution in [2.45, 2.75) is 97.3 Å². The molecule has 0 saturated carbocycles. The van der Waals surface area contributed by atoms with Crippen molar-refractivity contribution in [2.24, 2.45) is 0 Å². The molecular formula is C26H36O4. The van der Waals surface area contributed by atoms with E-state index in [0.29, 0.717) is 29.5 Å². The molecule has 0 heterocycles. The molecule has 1 aromatic carbocycles. The number of Topliss-reactive ketones (excluding diaryl/α,β-unsaturated/α-hetero) is 2. The quantitative estimate of drug-likeness (QED) is 0.244. The van der Waals surface area contributed by atoms with E-state index in [1.54, 1.807) is 24.3 Å². The molecule has 0 unspecified atom stereocenters. The molecule has 0 spiro atoms. The van der Waals surface area contributed by atoms with Crippen LogP contribution in [0.5, 0.6) is 0 Å². The van der Waals surface area contributed by atoms with Gasteiger partial charge in [0.2, 0.25) is 5.78 Å². The van der Waals surface area contributed by atoms with Crippen molar-refractivity contribution in [3.05, 3.63) is 46.7 Å². The van der Waals surface area contributed by atoms with Gasteiger partial charge in [0.25, 0.3) is 0 Å². The lowest BCUT2D eigenvalue weighted by Gasteiger charge is -2.20. The van der Waals surface area contributed by atoms with Crippen molar-refractivity contribution >= 4 is 17.5 Å². The topological polar surface area (TPSA) is 60.4 Å². The fraction of sp³-hybridized carbons (Fsp3) is 0.577. The van der Waals surface area contributed by atoms with Crippen LogP contribution in [0.4, 0.5) is 0 Å². The van der Waals surface area contributed by atoms with Gasteiger partial charge in [0.1, 0.15) is 0 Å². The molecule has 4 nitrogen and oxygen atoms in total. The lowest BCUT2D eigenvalue weighted by atomic mass is 9.86. The monoisotopic (exact) mass is 412 g/mol. The van der Waals surface area contributed by atoms with E-state index in [1.807, 2.05) is 6.92 Å². The Morgan fingerprint density at radius 2 is 1.27 bits per heavy atom. The van der Waals surface area contributed by atoms with Gasteiger partial charge >= 0.3 is 5.97 Å². The van der Waals surface area contributed by atoms with Crippen molar-refractivity contribution in [3.8, 4) is 0 Å². The molecule has 0 N–H and O–H groups in total. The van der Waals surface area contributed by atoms with Crippen molar-refractivity contribution in [1.29, 1.82) is 0 Å². The molecule has 0 aromatic heterocycles. The van der Waals surface area contributed by atoms with Gasteiger partial charge in [0.15, 0.2) is 11.5 Å². The lowest BCUT2D eigenvalue weighted by Crippen LogP contribution is -2.25. The molecule has 0 amide bonds. The van der Waals surface area contributed by atoms with Crippen LogP contribution in [0, 0.1) is 0 Å². The zero-order valence-electron chi connectivity index (χ0n) is 18.6. The van der Waals surface area contributed by atoms with Gasteiger partial charge in [-0.1, -0.05) is 95.9 Å². The van der Waals surface area contributed by atoms with Gasteiger partial charge in [-0.25, -0.2) is 0 Å². The minimum Gasteiger partial charge on any atom is -0.422 e. The van der Waals surface area contributed by atoms with Crippen LogP contribution in [-0.2, 0) is 9.53 Å². The fourth-order valence-electron chi connectivity index (χ4n) is 3.90. The first kappa shape index (κ1) is 24.0. The molecule has 1 aliphatic carbocycles. The Hall–Kier alpha value is -2.23. The molecule has 0 saturated heterocycles. The smallest absolute Gasteiger partial charge is 0.311 e. The van der Waals surface area contributed by atoms with Crippen LogP contribution in [0.25, 0.3) is 0 Å². The van der Waals surface area contributed by atoms with E-state index in [9.17, 15) is 14.4 Å². The number of benzene rings is 1. The maximum atomic E-state index is 13.0. The van der Waals surface area contributed by atoms with E-state index in [4.69, 9.17) is 4.74 Å². The number of ether oxygens (including phenoxy) is 1. The molecule has 1 aromatic rings. The lowest BCUT2D eigenvalue weighted by molar-refractivity contribution is -0.139. The SMILES string of the molecule is CCCCCCCCCCCCC1=C(OC(=O)CCC)C(=O)c2ccccc2C1=O. The Balaban J connectivity index is 1.93. The summed E-state index contributed by atoms with van der Waals surface area (Å²) in [5.74, 6) is -1.03. The third-order valence-electron chi connectivity index (χ3n) is 5.62. The minimum atomic E-state index is -0.450. The number of esters is 1. The fourth-order valence-corrected chi connectivity index (χ4v) is 3.90. The average molecular weight is 413 g/mol. The molecule has 0 radical (unpaired) electrons. The molecule has 1 aliphatic rings. The molecule has 30 heavy (non-hydrogen) atoms. The number of ketones is 2. The maximum Gasteiger partial charge on any atom is 0.311 e. The third kappa shape index (κ3) is 6.93. The first-order valence-corrected chi connectivity index (χ1v) is 11.7. The van der Waals surface area contributed by atoms with Gasteiger partial charge in [-0.3, -0.25) is 14.4 Å². The number of carbonyl (C=O) groups is 3. The van der Waals surface area contributed by atoms with Gasteiger partial charge in [-0.15, -0.1) is 0 Å². The summed E-state index contributed by atoms with van der Waals surface area (Å²) in [4.78, 5) is 38.0. The highest BCUT2D eigenvalue weighted by atomic mass is 16.5. The van der Waals surface area contributed by atoms with E-state index >= 15 is 0 Å². The molecule has 4 heteroatoms. The minimum absolute atomic E-state index is 0.0481. The highest BCUT2D eigenvalue weighted by molar-refractivity contribution is 6.26. The second-order valence-electron chi connectivity index (χ2n) is 8.17. The second kappa shape index (κ2) is 13.1. The summed E-state index contributed by atoms with van der Waals surface area (Å²) in [6.45, 7) is 4.11. The van der Waals surface area contributed by atoms with Gasteiger partial charge in [0, 0.05) is 23.1 Å². The molecule has 164 valence electrons. The van der Waals surface area contributed by atoms with Crippen molar-refractivity contribution < 1.29 is 19.1 Å². The molecule has 0 fully saturated rings. The van der Waals surface area contributed by atoms with Crippen LogP contribution in [0.15, 0.2) is 35.6 Å². The normalized spacial score (nSPS) is 13.5. The Bertz CT molecular complexity index is 760. The van der Waals surface area contributed by atoms with Crippen molar-refractivity contribution in [1.82, 2.24) is 0 Å². The van der Waals surface area contributed by atoms with Crippen LogP contribution < -0.4 is 0 Å². The maximum absolute atomic E-state index is 13.0. The molecule has 0 aliphatic heterocycles. The summed E-state index contributed by atoms with van der Waals surface area (Å²) in [6.07, 6.45) is 13.3. The summed E-state index contributed by atoms with van der Waals surface area (Å²) in [6, 6.07) is 6.79. The number of unbranched alkanes of at least 4 members (excludes halogenated alkanes) is 9. The van der Waals surface area contributed by atoms with Crippen LogP contribution in [0.1, 0.15) is 118 Å². The number of hydrogen-bond acceptors (Lipinski definition) is 4. The van der Waals surface area contributed by atoms with Gasteiger partial charge in [-0.2, -0.15) is 0 Å². The number of hydrogen-bond donors (Lipinski definition) is 0. The molecule has 0 bridgehead atoms. The predicted octanol–water partition coefficient (Wildman–Crippen LogP) is 6.97. The highest BCUT2D eigenvalue weighted by Crippen LogP contribution is 2.30. The Labute approximate surface area is 181 Å². The number of fused-ring (bicyclic) bond motifs is 1. The number of rotatable bonds is 14. The van der Waals surface area contributed by atoms with Gasteiger partial charge in [0.05, 0.1) is 0 Å². The Morgan fingerprint density at radius 3 is 1.83 bits per heavy atom. The van der Waals surface area contributed by atoms with Gasteiger partial charge in [-0.05, 0) is 19.3 Å². The van der Waals surface area contributed by atoms with E-state index in [1.165, 1.54) is 44.9 Å². The Kier molecular flexibility index (Phi) is 10.5. The summed E-state index contributed by atoms with van der Waals surface area (Å²) < 4.78 is 5.40. The van der Waals surface area contributed by atoms with Crippen molar-refractivity contribution in [2.75, 3.05) is 0 Å². The summed E-state index contributed by atoms with van der Waals surface area (Å²) in [5.41, 5.74) is 1.11. The van der Waals surface area contributed by atoms with E-state index in [2.05, 4.69) is 6.92 Å². The summed E-state index contributed by atoms with van der Waals surface area (Å²) in [5, 5.41) is 0. The largest absolute Gasteiger partial charge is 0.422 e. The molecule has 0 atom stereocenters. The zero-order chi connectivity index (χ0) is 21.8. The summed E-state index contributed by atoms with van der Waals surface area (Å²) >= 11 is 0. The summed E-state index contributed by atoms with van der Waals surface area (Å²) in [7, 11) is 0.